The van der Waals surface area contributed by atoms with Gasteiger partial charge in [0.2, 0.25) is 15.9 Å². The van der Waals surface area contributed by atoms with Crippen LogP contribution >= 0.6 is 0 Å². The summed E-state index contributed by atoms with van der Waals surface area (Å²) in [6.45, 7) is 5.43. The van der Waals surface area contributed by atoms with Crippen molar-refractivity contribution in [2.75, 3.05) is 48.7 Å². The predicted molar refractivity (Wildman–Crippen MR) is 125 cm³/mol. The summed E-state index contributed by atoms with van der Waals surface area (Å²) in [5.41, 5.74) is 2.00. The number of amides is 2. The Morgan fingerprint density at radius 3 is 2.34 bits per heavy atom. The Morgan fingerprint density at radius 1 is 1.06 bits per heavy atom. The van der Waals surface area contributed by atoms with Gasteiger partial charge in [-0.3, -0.25) is 13.9 Å². The van der Waals surface area contributed by atoms with Gasteiger partial charge in [0.15, 0.2) is 0 Å². The molecule has 1 heterocycles. The normalized spacial score (nSPS) is 14.3. The molecule has 2 aromatic carbocycles. The number of carbonyl (C=O) groups is 2. The number of benzene rings is 2. The van der Waals surface area contributed by atoms with Crippen molar-refractivity contribution in [3.63, 3.8) is 0 Å². The number of para-hydroxylation sites is 2. The lowest BCUT2D eigenvalue weighted by atomic mass is 10.0. The monoisotopic (exact) mass is 459 g/mol. The summed E-state index contributed by atoms with van der Waals surface area (Å²) in [6, 6.07) is 13.9. The van der Waals surface area contributed by atoms with E-state index in [-0.39, 0.29) is 11.8 Å². The van der Waals surface area contributed by atoms with E-state index in [1.807, 2.05) is 26.0 Å². The molecular formula is C23H29N3O5S. The van der Waals surface area contributed by atoms with Crippen LogP contribution in [0.5, 0.6) is 0 Å². The average Bonchev–Trinajstić information content (AvgIpc) is 2.77. The van der Waals surface area contributed by atoms with Crippen LogP contribution in [0.4, 0.5) is 11.4 Å². The van der Waals surface area contributed by atoms with Crippen molar-refractivity contribution in [2.24, 2.45) is 0 Å². The Kier molecular flexibility index (Phi) is 7.52. The molecule has 0 saturated carbocycles. The molecule has 1 N–H and O–H groups in total. The Hall–Kier alpha value is -2.91. The zero-order valence-corrected chi connectivity index (χ0v) is 19.4. The summed E-state index contributed by atoms with van der Waals surface area (Å²) in [6.07, 6.45) is 1.08. The summed E-state index contributed by atoms with van der Waals surface area (Å²) in [7, 11) is -3.72. The Labute approximate surface area is 189 Å². The molecule has 0 unspecified atom stereocenters. The van der Waals surface area contributed by atoms with Gasteiger partial charge in [0.05, 0.1) is 36.4 Å². The average molecular weight is 460 g/mol. The fourth-order valence-electron chi connectivity index (χ4n) is 3.62. The molecule has 8 nitrogen and oxygen atoms in total. The third-order valence-electron chi connectivity index (χ3n) is 5.24. The van der Waals surface area contributed by atoms with Crippen LogP contribution in [0.15, 0.2) is 48.5 Å². The molecule has 172 valence electrons. The highest BCUT2D eigenvalue weighted by atomic mass is 32.2. The SMILES string of the molecule is CC(C)c1ccccc1N(CC(=O)Nc1ccccc1C(=O)N1CCOCC1)S(C)(=O)=O. The summed E-state index contributed by atoms with van der Waals surface area (Å²) in [5, 5.41) is 2.73. The summed E-state index contributed by atoms with van der Waals surface area (Å²) >= 11 is 0. The summed E-state index contributed by atoms with van der Waals surface area (Å²) in [4.78, 5) is 27.5. The van der Waals surface area contributed by atoms with Crippen molar-refractivity contribution in [1.29, 1.82) is 0 Å². The molecule has 0 atom stereocenters. The van der Waals surface area contributed by atoms with E-state index >= 15 is 0 Å². The third-order valence-corrected chi connectivity index (χ3v) is 6.37. The van der Waals surface area contributed by atoms with E-state index in [0.717, 1.165) is 16.1 Å². The zero-order valence-electron chi connectivity index (χ0n) is 18.6. The third kappa shape index (κ3) is 5.66. The number of nitrogens with one attached hydrogen (secondary N) is 1. The Balaban J connectivity index is 1.83. The maximum atomic E-state index is 12.9. The minimum atomic E-state index is -3.72. The molecule has 0 bridgehead atoms. The van der Waals surface area contributed by atoms with E-state index < -0.39 is 22.5 Å². The lowest BCUT2D eigenvalue weighted by Crippen LogP contribution is -2.41. The van der Waals surface area contributed by atoms with Gasteiger partial charge in [0, 0.05) is 13.1 Å². The molecule has 0 spiro atoms. The van der Waals surface area contributed by atoms with Gasteiger partial charge in [-0.05, 0) is 29.7 Å². The molecule has 3 rings (SSSR count). The fourth-order valence-corrected chi connectivity index (χ4v) is 4.49. The summed E-state index contributed by atoms with van der Waals surface area (Å²) < 4.78 is 31.5. The Morgan fingerprint density at radius 2 is 1.69 bits per heavy atom. The van der Waals surface area contributed by atoms with Gasteiger partial charge in [0.1, 0.15) is 6.54 Å². The van der Waals surface area contributed by atoms with Crippen molar-refractivity contribution in [3.8, 4) is 0 Å². The van der Waals surface area contributed by atoms with Crippen molar-refractivity contribution in [3.05, 3.63) is 59.7 Å². The number of ether oxygens (including phenoxy) is 1. The lowest BCUT2D eigenvalue weighted by molar-refractivity contribution is -0.114. The highest BCUT2D eigenvalue weighted by molar-refractivity contribution is 7.92. The first-order valence-corrected chi connectivity index (χ1v) is 12.4. The molecule has 1 aliphatic heterocycles. The van der Waals surface area contributed by atoms with E-state index in [1.165, 1.54) is 0 Å². The standard InChI is InChI=1S/C23H29N3O5S/c1-17(2)18-8-5-7-11-21(18)26(32(3,29)30)16-22(27)24-20-10-6-4-9-19(20)23(28)25-12-14-31-15-13-25/h4-11,17H,12-16H2,1-3H3,(H,24,27). The Bertz CT molecular complexity index is 1080. The van der Waals surface area contributed by atoms with E-state index in [0.29, 0.717) is 43.2 Å². The second-order valence-electron chi connectivity index (χ2n) is 7.98. The van der Waals surface area contributed by atoms with Crippen LogP contribution in [0.2, 0.25) is 0 Å². The molecule has 0 aromatic heterocycles. The first kappa shape index (κ1) is 23.7. The van der Waals surface area contributed by atoms with E-state index in [4.69, 9.17) is 4.74 Å². The zero-order chi connectivity index (χ0) is 23.3. The van der Waals surface area contributed by atoms with E-state index in [1.54, 1.807) is 41.3 Å². The predicted octanol–water partition coefficient (Wildman–Crippen LogP) is 2.69. The first-order chi connectivity index (χ1) is 15.2. The van der Waals surface area contributed by atoms with Gasteiger partial charge >= 0.3 is 0 Å². The molecule has 9 heteroatoms. The molecule has 0 radical (unpaired) electrons. The van der Waals surface area contributed by atoms with Crippen LogP contribution in [0.25, 0.3) is 0 Å². The van der Waals surface area contributed by atoms with Gasteiger partial charge in [0.25, 0.3) is 5.91 Å². The van der Waals surface area contributed by atoms with Crippen LogP contribution in [0.3, 0.4) is 0 Å². The van der Waals surface area contributed by atoms with Crippen LogP contribution < -0.4 is 9.62 Å². The number of nitrogens with zero attached hydrogens (tertiary/aromatic N) is 2. The molecule has 32 heavy (non-hydrogen) atoms. The minimum absolute atomic E-state index is 0.0744. The van der Waals surface area contributed by atoms with Crippen molar-refractivity contribution in [2.45, 2.75) is 19.8 Å². The molecule has 0 aliphatic carbocycles. The van der Waals surface area contributed by atoms with Gasteiger partial charge in [-0.15, -0.1) is 0 Å². The number of morpholine rings is 1. The smallest absolute Gasteiger partial charge is 0.256 e. The largest absolute Gasteiger partial charge is 0.378 e. The number of rotatable bonds is 7. The number of carbonyl (C=O) groups excluding carboxylic acids is 2. The fraction of sp³-hybridized carbons (Fsp3) is 0.391. The van der Waals surface area contributed by atoms with Gasteiger partial charge in [-0.2, -0.15) is 0 Å². The lowest BCUT2D eigenvalue weighted by Gasteiger charge is -2.28. The van der Waals surface area contributed by atoms with Gasteiger partial charge in [-0.25, -0.2) is 8.42 Å². The molecule has 1 saturated heterocycles. The van der Waals surface area contributed by atoms with Gasteiger partial charge < -0.3 is 15.0 Å². The highest BCUT2D eigenvalue weighted by Gasteiger charge is 2.26. The number of hydrogen-bond donors (Lipinski definition) is 1. The van der Waals surface area contributed by atoms with Gasteiger partial charge in [-0.1, -0.05) is 44.2 Å². The minimum Gasteiger partial charge on any atom is -0.378 e. The molecule has 1 fully saturated rings. The second-order valence-corrected chi connectivity index (χ2v) is 9.89. The van der Waals surface area contributed by atoms with Crippen molar-refractivity contribution < 1.29 is 22.7 Å². The quantitative estimate of drug-likeness (QED) is 0.687. The number of anilines is 2. The van der Waals surface area contributed by atoms with E-state index in [2.05, 4.69) is 5.32 Å². The molecule has 1 aliphatic rings. The number of hydrogen-bond acceptors (Lipinski definition) is 5. The number of sulfonamides is 1. The maximum absolute atomic E-state index is 12.9. The molecular weight excluding hydrogens is 430 g/mol. The summed E-state index contributed by atoms with van der Waals surface area (Å²) in [5.74, 6) is -0.657. The second kappa shape index (κ2) is 10.1. The van der Waals surface area contributed by atoms with Crippen LogP contribution in [0, 0.1) is 0 Å². The van der Waals surface area contributed by atoms with Crippen molar-refractivity contribution in [1.82, 2.24) is 4.90 Å². The molecule has 2 amide bonds. The van der Waals surface area contributed by atoms with Crippen LogP contribution in [0.1, 0.15) is 35.7 Å². The van der Waals surface area contributed by atoms with Crippen LogP contribution in [-0.4, -0.2) is 64.2 Å². The van der Waals surface area contributed by atoms with Crippen LogP contribution in [-0.2, 0) is 19.6 Å². The topological polar surface area (TPSA) is 96.0 Å². The van der Waals surface area contributed by atoms with Crippen molar-refractivity contribution >= 4 is 33.2 Å². The first-order valence-electron chi connectivity index (χ1n) is 10.5. The highest BCUT2D eigenvalue weighted by Crippen LogP contribution is 2.29. The maximum Gasteiger partial charge on any atom is 0.256 e. The van der Waals surface area contributed by atoms with E-state index in [9.17, 15) is 18.0 Å². The molecule has 2 aromatic rings.